The molecule has 0 spiro atoms. The Morgan fingerprint density at radius 2 is 1.93 bits per heavy atom. The highest BCUT2D eigenvalue weighted by molar-refractivity contribution is 7.86. The predicted octanol–water partition coefficient (Wildman–Crippen LogP) is 2.29. The maximum Gasteiger partial charge on any atom is 0.282 e. The summed E-state index contributed by atoms with van der Waals surface area (Å²) in [6.07, 6.45) is 3.50. The first-order valence-electron chi connectivity index (χ1n) is 10.0. The van der Waals surface area contributed by atoms with Gasteiger partial charge in [0.1, 0.15) is 11.6 Å². The molecule has 0 unspecified atom stereocenters. The van der Waals surface area contributed by atoms with Crippen molar-refractivity contribution in [1.82, 2.24) is 18.6 Å². The summed E-state index contributed by atoms with van der Waals surface area (Å²) in [5.41, 5.74) is 1.95. The summed E-state index contributed by atoms with van der Waals surface area (Å²) < 4.78 is 34.5. The first kappa shape index (κ1) is 20.2. The van der Waals surface area contributed by atoms with Gasteiger partial charge in [-0.2, -0.15) is 17.0 Å². The van der Waals surface area contributed by atoms with E-state index in [2.05, 4.69) is 10.3 Å². The number of morpholine rings is 1. The van der Waals surface area contributed by atoms with Crippen LogP contribution in [0.3, 0.4) is 0 Å². The van der Waals surface area contributed by atoms with E-state index in [-0.39, 0.29) is 5.92 Å². The highest BCUT2D eigenvalue weighted by atomic mass is 32.2. The van der Waals surface area contributed by atoms with Gasteiger partial charge in [-0.15, -0.1) is 0 Å². The van der Waals surface area contributed by atoms with Crippen molar-refractivity contribution in [2.45, 2.75) is 25.7 Å². The fraction of sp³-hybridized carbons (Fsp3) is 0.500. The Hall–Kier alpha value is -2.07. The molecule has 2 aliphatic rings. The molecule has 9 heteroatoms. The lowest BCUT2D eigenvalue weighted by molar-refractivity contribution is 0.0695. The number of piperidine rings is 1. The lowest BCUT2D eigenvalue weighted by atomic mass is 9.95. The quantitative estimate of drug-likeness (QED) is 0.803. The van der Waals surface area contributed by atoms with Crippen LogP contribution in [0.15, 0.2) is 36.5 Å². The van der Waals surface area contributed by atoms with Gasteiger partial charge in [-0.1, -0.05) is 12.1 Å². The maximum atomic E-state index is 13.0. The van der Waals surface area contributed by atoms with E-state index >= 15 is 0 Å². The molecule has 0 amide bonds. The average molecular weight is 418 g/mol. The minimum atomic E-state index is -3.46. The van der Waals surface area contributed by atoms with Crippen molar-refractivity contribution in [3.8, 4) is 0 Å². The standard InChI is InChI=1S/C20H27N5O3S/c1-16-5-3-9-21-20(16)23-19-8-2-7-18(22-19)17-6-4-10-25(15-17)29(26,27)24-11-13-28-14-12-24/h2-3,5,7-9,17H,4,6,10-15H2,1H3,(H,21,22,23)/t17-/m0/s1. The molecule has 0 saturated carbocycles. The van der Waals surface area contributed by atoms with Gasteiger partial charge in [0.25, 0.3) is 10.2 Å². The lowest BCUT2D eigenvalue weighted by Crippen LogP contribution is -2.51. The molecule has 0 bridgehead atoms. The summed E-state index contributed by atoms with van der Waals surface area (Å²) in [5.74, 6) is 1.57. The van der Waals surface area contributed by atoms with Gasteiger partial charge in [0.15, 0.2) is 0 Å². The van der Waals surface area contributed by atoms with E-state index in [9.17, 15) is 8.42 Å². The van der Waals surface area contributed by atoms with Gasteiger partial charge in [0, 0.05) is 44.0 Å². The fourth-order valence-corrected chi connectivity index (χ4v) is 5.49. The average Bonchev–Trinajstić information content (AvgIpc) is 2.76. The molecule has 2 saturated heterocycles. The van der Waals surface area contributed by atoms with Crippen molar-refractivity contribution in [3.05, 3.63) is 47.8 Å². The summed E-state index contributed by atoms with van der Waals surface area (Å²) in [6.45, 7) is 4.77. The van der Waals surface area contributed by atoms with Crippen LogP contribution >= 0.6 is 0 Å². The smallest absolute Gasteiger partial charge is 0.282 e. The second kappa shape index (κ2) is 8.74. The summed E-state index contributed by atoms with van der Waals surface area (Å²) in [5, 5.41) is 3.27. The zero-order valence-corrected chi connectivity index (χ0v) is 17.4. The van der Waals surface area contributed by atoms with Crippen LogP contribution < -0.4 is 5.32 Å². The maximum absolute atomic E-state index is 13.0. The van der Waals surface area contributed by atoms with Crippen LogP contribution in [0.5, 0.6) is 0 Å². The summed E-state index contributed by atoms with van der Waals surface area (Å²) in [6, 6.07) is 9.73. The van der Waals surface area contributed by atoms with Crippen LogP contribution in [0.2, 0.25) is 0 Å². The Morgan fingerprint density at radius 1 is 1.10 bits per heavy atom. The van der Waals surface area contributed by atoms with Gasteiger partial charge in [-0.25, -0.2) is 9.97 Å². The number of hydrogen-bond donors (Lipinski definition) is 1. The molecule has 0 aromatic carbocycles. The Morgan fingerprint density at radius 3 is 2.72 bits per heavy atom. The second-order valence-electron chi connectivity index (χ2n) is 7.46. The molecule has 2 aliphatic heterocycles. The number of rotatable bonds is 5. The van der Waals surface area contributed by atoms with Crippen LogP contribution in [0.1, 0.15) is 30.0 Å². The Kier molecular flexibility index (Phi) is 6.09. The van der Waals surface area contributed by atoms with Crippen LogP contribution in [-0.4, -0.2) is 66.4 Å². The molecule has 2 aromatic heterocycles. The van der Waals surface area contributed by atoms with E-state index in [1.807, 2.05) is 37.3 Å². The number of aromatic nitrogens is 2. The zero-order chi connectivity index (χ0) is 20.3. The minimum Gasteiger partial charge on any atom is -0.379 e. The van der Waals surface area contributed by atoms with E-state index in [0.717, 1.165) is 35.7 Å². The molecular formula is C20H27N5O3S. The van der Waals surface area contributed by atoms with Crippen molar-refractivity contribution in [3.63, 3.8) is 0 Å². The van der Waals surface area contributed by atoms with Crippen LogP contribution in [0.4, 0.5) is 11.6 Å². The highest BCUT2D eigenvalue weighted by Gasteiger charge is 2.35. The molecule has 156 valence electrons. The molecule has 4 rings (SSSR count). The van der Waals surface area contributed by atoms with E-state index in [0.29, 0.717) is 39.4 Å². The molecule has 1 N–H and O–H groups in total. The first-order valence-corrected chi connectivity index (χ1v) is 11.4. The molecular weight excluding hydrogens is 390 g/mol. The Bertz CT molecular complexity index is 947. The van der Waals surface area contributed by atoms with Gasteiger partial charge in [-0.3, -0.25) is 0 Å². The molecule has 2 aromatic rings. The summed E-state index contributed by atoms with van der Waals surface area (Å²) >= 11 is 0. The van der Waals surface area contributed by atoms with Crippen molar-refractivity contribution < 1.29 is 13.2 Å². The summed E-state index contributed by atoms with van der Waals surface area (Å²) in [7, 11) is -3.46. The number of ether oxygens (including phenoxy) is 1. The zero-order valence-electron chi connectivity index (χ0n) is 16.6. The normalized spacial score (nSPS) is 21.8. The molecule has 2 fully saturated rings. The number of aryl methyl sites for hydroxylation is 1. The van der Waals surface area contributed by atoms with E-state index in [4.69, 9.17) is 9.72 Å². The third kappa shape index (κ3) is 4.58. The predicted molar refractivity (Wildman–Crippen MR) is 111 cm³/mol. The van der Waals surface area contributed by atoms with E-state index in [1.54, 1.807) is 10.5 Å². The van der Waals surface area contributed by atoms with Crippen molar-refractivity contribution in [2.75, 3.05) is 44.7 Å². The molecule has 0 aliphatic carbocycles. The highest BCUT2D eigenvalue weighted by Crippen LogP contribution is 2.29. The monoisotopic (exact) mass is 417 g/mol. The molecule has 8 nitrogen and oxygen atoms in total. The minimum absolute atomic E-state index is 0.0751. The topological polar surface area (TPSA) is 87.7 Å². The van der Waals surface area contributed by atoms with Gasteiger partial charge in [-0.05, 0) is 43.5 Å². The number of nitrogens with zero attached hydrogens (tertiary/aromatic N) is 4. The molecule has 0 radical (unpaired) electrons. The molecule has 4 heterocycles. The van der Waals surface area contributed by atoms with Crippen LogP contribution in [0.25, 0.3) is 0 Å². The van der Waals surface area contributed by atoms with Crippen molar-refractivity contribution >= 4 is 21.8 Å². The van der Waals surface area contributed by atoms with Crippen molar-refractivity contribution in [2.24, 2.45) is 0 Å². The van der Waals surface area contributed by atoms with Gasteiger partial charge < -0.3 is 10.1 Å². The SMILES string of the molecule is Cc1cccnc1Nc1cccc([C@H]2CCCN(S(=O)(=O)N3CCOCC3)C2)n1. The summed E-state index contributed by atoms with van der Waals surface area (Å²) in [4.78, 5) is 9.11. The second-order valence-corrected chi connectivity index (χ2v) is 9.39. The fourth-order valence-electron chi connectivity index (χ4n) is 3.82. The lowest BCUT2D eigenvalue weighted by Gasteiger charge is -2.36. The van der Waals surface area contributed by atoms with Crippen LogP contribution in [0, 0.1) is 6.92 Å². The number of anilines is 2. The van der Waals surface area contributed by atoms with Crippen LogP contribution in [-0.2, 0) is 14.9 Å². The number of nitrogens with one attached hydrogen (secondary N) is 1. The van der Waals surface area contributed by atoms with E-state index in [1.165, 1.54) is 4.31 Å². The largest absolute Gasteiger partial charge is 0.379 e. The number of hydrogen-bond acceptors (Lipinski definition) is 6. The van der Waals surface area contributed by atoms with Crippen molar-refractivity contribution in [1.29, 1.82) is 0 Å². The third-order valence-corrected chi connectivity index (χ3v) is 7.45. The Balaban J connectivity index is 1.49. The molecule has 29 heavy (non-hydrogen) atoms. The van der Waals surface area contributed by atoms with Gasteiger partial charge in [0.05, 0.1) is 13.2 Å². The third-order valence-electron chi connectivity index (χ3n) is 5.45. The van der Waals surface area contributed by atoms with E-state index < -0.39 is 10.2 Å². The molecule has 1 atom stereocenters. The van der Waals surface area contributed by atoms with Gasteiger partial charge in [0.2, 0.25) is 0 Å². The number of pyridine rings is 2. The first-order chi connectivity index (χ1) is 14.0. The Labute approximate surface area is 172 Å². The van der Waals surface area contributed by atoms with Gasteiger partial charge >= 0.3 is 0 Å².